The second kappa shape index (κ2) is 12.7. The molecule has 1 aliphatic heterocycles. The maximum Gasteiger partial charge on any atom is 0.338 e. The van der Waals surface area contributed by atoms with Gasteiger partial charge in [0.1, 0.15) is 17.3 Å². The van der Waals surface area contributed by atoms with Crippen molar-refractivity contribution in [2.75, 3.05) is 13.7 Å². The molecule has 1 aliphatic rings. The van der Waals surface area contributed by atoms with Crippen molar-refractivity contribution in [2.24, 2.45) is 4.99 Å². The Kier molecular flexibility index (Phi) is 9.05. The lowest BCUT2D eigenvalue weighted by Crippen LogP contribution is -2.40. The van der Waals surface area contributed by atoms with E-state index in [1.54, 1.807) is 44.4 Å². The molecule has 0 fully saturated rings. The number of carboxylic acids is 1. The summed E-state index contributed by atoms with van der Waals surface area (Å²) in [7, 11) is 1.56. The predicted octanol–water partition coefficient (Wildman–Crippen LogP) is 5.96. The monoisotopic (exact) mass is 684 g/mol. The average molecular weight is 686 g/mol. The Labute approximate surface area is 263 Å². The Bertz CT molecular complexity index is 1960. The van der Waals surface area contributed by atoms with E-state index in [0.29, 0.717) is 59.9 Å². The molecule has 12 heteroatoms. The molecular formula is C31H26BrClN2O7S. The van der Waals surface area contributed by atoms with E-state index in [0.717, 1.165) is 6.42 Å². The van der Waals surface area contributed by atoms with Crippen molar-refractivity contribution >= 4 is 56.9 Å². The summed E-state index contributed by atoms with van der Waals surface area (Å²) < 4.78 is 19.4. The zero-order valence-corrected chi connectivity index (χ0v) is 26.5. The summed E-state index contributed by atoms with van der Waals surface area (Å²) in [5.74, 6) is -0.182. The van der Waals surface area contributed by atoms with E-state index in [1.165, 1.54) is 28.0 Å². The molecule has 9 nitrogen and oxygen atoms in total. The van der Waals surface area contributed by atoms with Gasteiger partial charge < -0.3 is 19.0 Å². The van der Waals surface area contributed by atoms with Gasteiger partial charge in [0.05, 0.1) is 50.6 Å². The van der Waals surface area contributed by atoms with Crippen LogP contribution >= 0.6 is 38.9 Å². The summed E-state index contributed by atoms with van der Waals surface area (Å²) in [5.41, 5.74) is 1.82. The number of carbonyl (C=O) groups excluding carboxylic acids is 1. The van der Waals surface area contributed by atoms with Gasteiger partial charge in [-0.05, 0) is 71.2 Å². The van der Waals surface area contributed by atoms with Gasteiger partial charge in [-0.2, -0.15) is 0 Å². The van der Waals surface area contributed by atoms with Gasteiger partial charge in [-0.25, -0.2) is 14.6 Å². The third kappa shape index (κ3) is 5.97. The van der Waals surface area contributed by atoms with Crippen LogP contribution in [0, 0.1) is 0 Å². The van der Waals surface area contributed by atoms with E-state index in [4.69, 9.17) is 30.5 Å². The number of carboxylic acid groups (broad SMARTS) is 1. The molecule has 0 amide bonds. The molecule has 222 valence electrons. The molecule has 1 N–H and O–H groups in total. The third-order valence-electron chi connectivity index (χ3n) is 6.77. The van der Waals surface area contributed by atoms with Gasteiger partial charge in [0.15, 0.2) is 4.80 Å². The molecule has 4 aromatic rings. The Hall–Kier alpha value is -3.93. The van der Waals surface area contributed by atoms with E-state index in [9.17, 15) is 19.5 Å². The number of allylic oxidation sites excluding steroid dienone is 1. The van der Waals surface area contributed by atoms with E-state index < -0.39 is 18.0 Å². The lowest BCUT2D eigenvalue weighted by atomic mass is 9.94. The number of esters is 1. The van der Waals surface area contributed by atoms with E-state index >= 15 is 0 Å². The Morgan fingerprint density at radius 1 is 1.19 bits per heavy atom. The van der Waals surface area contributed by atoms with Crippen molar-refractivity contribution in [3.05, 3.63) is 106 Å². The number of carbonyl (C=O) groups is 2. The number of methoxy groups -OCH3 is 1. The highest BCUT2D eigenvalue weighted by atomic mass is 79.9. The molecule has 0 saturated heterocycles. The number of hydrogen-bond acceptors (Lipinski definition) is 8. The Balaban J connectivity index is 1.65. The molecule has 0 bridgehead atoms. The second-order valence-corrected chi connectivity index (χ2v) is 11.8. The number of nitrogens with zero attached hydrogens (tertiary/aromatic N) is 2. The van der Waals surface area contributed by atoms with Crippen molar-refractivity contribution in [1.82, 2.24) is 4.57 Å². The van der Waals surface area contributed by atoms with Crippen LogP contribution < -0.4 is 19.6 Å². The SMILES string of the molecule is CCCC1=C(C(=O)OCC)[C@H](c2ccc(OC)c(Br)c2)n2c(s/c(=C\c3ccc(-c4ccc(C(=O)O)c(Cl)c4)o3)c2=O)=N1. The summed E-state index contributed by atoms with van der Waals surface area (Å²) in [5, 5.41) is 9.34. The maximum absolute atomic E-state index is 14.0. The number of aromatic nitrogens is 1. The van der Waals surface area contributed by atoms with Crippen molar-refractivity contribution in [3.63, 3.8) is 0 Å². The van der Waals surface area contributed by atoms with Crippen LogP contribution in [0.25, 0.3) is 17.4 Å². The summed E-state index contributed by atoms with van der Waals surface area (Å²) in [6.45, 7) is 3.91. The number of hydrogen-bond donors (Lipinski definition) is 1. The highest BCUT2D eigenvalue weighted by molar-refractivity contribution is 9.10. The summed E-state index contributed by atoms with van der Waals surface area (Å²) >= 11 is 10.9. The molecule has 0 unspecified atom stereocenters. The van der Waals surface area contributed by atoms with Crippen LogP contribution in [-0.2, 0) is 9.53 Å². The number of ether oxygens (including phenoxy) is 2. The van der Waals surface area contributed by atoms with Gasteiger partial charge in [-0.1, -0.05) is 48.4 Å². The molecule has 0 radical (unpaired) electrons. The number of furan rings is 1. The van der Waals surface area contributed by atoms with Gasteiger partial charge in [-0.3, -0.25) is 9.36 Å². The van der Waals surface area contributed by atoms with Crippen LogP contribution in [0.3, 0.4) is 0 Å². The van der Waals surface area contributed by atoms with Crippen molar-refractivity contribution in [2.45, 2.75) is 32.7 Å². The topological polar surface area (TPSA) is 120 Å². The molecule has 2 aromatic heterocycles. The average Bonchev–Trinajstić information content (AvgIpc) is 3.56. The molecule has 1 atom stereocenters. The number of thiazole rings is 1. The largest absolute Gasteiger partial charge is 0.496 e. The van der Waals surface area contributed by atoms with Crippen LogP contribution in [0.15, 0.2) is 78.5 Å². The Morgan fingerprint density at radius 2 is 1.98 bits per heavy atom. The minimum Gasteiger partial charge on any atom is -0.496 e. The molecule has 0 aliphatic carbocycles. The first-order chi connectivity index (χ1) is 20.7. The number of halogens is 2. The van der Waals surface area contributed by atoms with Crippen molar-refractivity contribution in [1.29, 1.82) is 0 Å². The van der Waals surface area contributed by atoms with Crippen LogP contribution in [-0.4, -0.2) is 35.3 Å². The standard InChI is InChI=1S/C31H26BrClN2O7S/c1-4-6-22-26(30(39)41-5-2)27(17-8-11-24(40-3)20(32)13-17)35-28(36)25(43-31(35)34-22)15-18-9-12-23(42-18)16-7-10-19(29(37)38)21(33)14-16/h7-15,27H,4-6H2,1-3H3,(H,37,38)/b25-15-/t27-/m0/s1. The van der Waals surface area contributed by atoms with E-state index in [-0.39, 0.29) is 22.8 Å². The maximum atomic E-state index is 14.0. The molecule has 43 heavy (non-hydrogen) atoms. The molecule has 2 aromatic carbocycles. The van der Waals surface area contributed by atoms with Crippen molar-refractivity contribution in [3.8, 4) is 17.1 Å². The summed E-state index contributed by atoms with van der Waals surface area (Å²) in [4.78, 5) is 43.9. The first-order valence-electron chi connectivity index (χ1n) is 13.3. The van der Waals surface area contributed by atoms with Gasteiger partial charge in [-0.15, -0.1) is 0 Å². The van der Waals surface area contributed by atoms with Gasteiger partial charge in [0, 0.05) is 11.6 Å². The predicted molar refractivity (Wildman–Crippen MR) is 166 cm³/mol. The van der Waals surface area contributed by atoms with Gasteiger partial charge >= 0.3 is 11.9 Å². The van der Waals surface area contributed by atoms with Crippen molar-refractivity contribution < 1.29 is 28.6 Å². The molecular weight excluding hydrogens is 660 g/mol. The number of rotatable bonds is 9. The van der Waals surface area contributed by atoms with E-state index in [2.05, 4.69) is 15.9 Å². The zero-order valence-electron chi connectivity index (χ0n) is 23.4. The summed E-state index contributed by atoms with van der Waals surface area (Å²) in [6, 6.07) is 12.6. The fourth-order valence-electron chi connectivity index (χ4n) is 4.85. The van der Waals surface area contributed by atoms with E-state index in [1.807, 2.05) is 19.1 Å². The summed E-state index contributed by atoms with van der Waals surface area (Å²) in [6.07, 6.45) is 2.88. The molecule has 3 heterocycles. The molecule has 5 rings (SSSR count). The first kappa shape index (κ1) is 30.5. The molecule has 0 spiro atoms. The number of fused-ring (bicyclic) bond motifs is 1. The first-order valence-corrected chi connectivity index (χ1v) is 15.3. The van der Waals surface area contributed by atoms with Crippen LogP contribution in [0.5, 0.6) is 5.75 Å². The fourth-order valence-corrected chi connectivity index (χ4v) is 6.67. The quantitative estimate of drug-likeness (QED) is 0.216. The lowest BCUT2D eigenvalue weighted by Gasteiger charge is -2.26. The zero-order chi connectivity index (χ0) is 30.8. The van der Waals surface area contributed by atoms with Gasteiger partial charge in [0.2, 0.25) is 0 Å². The second-order valence-electron chi connectivity index (χ2n) is 9.51. The van der Waals surface area contributed by atoms with Crippen LogP contribution in [0.4, 0.5) is 0 Å². The van der Waals surface area contributed by atoms with Gasteiger partial charge in [0.25, 0.3) is 5.56 Å². The molecule has 0 saturated carbocycles. The fraction of sp³-hybridized carbons (Fsp3) is 0.226. The normalized spacial score (nSPS) is 14.8. The number of benzene rings is 2. The Morgan fingerprint density at radius 3 is 2.63 bits per heavy atom. The number of aromatic carboxylic acids is 1. The minimum atomic E-state index is -1.12. The minimum absolute atomic E-state index is 0.0126. The van der Waals surface area contributed by atoms with Crippen LogP contribution in [0.2, 0.25) is 5.02 Å². The smallest absolute Gasteiger partial charge is 0.338 e. The third-order valence-corrected chi connectivity index (χ3v) is 8.68. The highest BCUT2D eigenvalue weighted by Gasteiger charge is 2.34. The van der Waals surface area contributed by atoms with Crippen LogP contribution in [0.1, 0.15) is 54.4 Å². The highest BCUT2D eigenvalue weighted by Crippen LogP contribution is 2.36. The lowest BCUT2D eigenvalue weighted by molar-refractivity contribution is -0.139.